The first-order valence-electron chi connectivity index (χ1n) is 19.8. The average molecular weight is 737 g/mol. The molecular formula is C54H32N4. The summed E-state index contributed by atoms with van der Waals surface area (Å²) in [6.45, 7) is 0. The van der Waals surface area contributed by atoms with E-state index in [0.717, 1.165) is 33.1 Å². The molecule has 1 atom stereocenters. The van der Waals surface area contributed by atoms with Gasteiger partial charge in [0.1, 0.15) is 5.65 Å². The molecule has 0 saturated carbocycles. The van der Waals surface area contributed by atoms with Gasteiger partial charge in [0, 0.05) is 29.4 Å². The van der Waals surface area contributed by atoms with E-state index in [9.17, 15) is 0 Å². The first-order chi connectivity index (χ1) is 28.8. The van der Waals surface area contributed by atoms with Crippen LogP contribution in [0.1, 0.15) is 33.4 Å². The standard InChI is InChI=1S/C54H32N4/c1-7-18-47-33(11-1)20-21-34-22-23-36(35-24-25-51-46(29-35)42-17-9-26-55-52(42)58(51)53-56-27-10-28-57-53)30-49(34)54(47)48-19-8-6-16-41(48)45-31-43-39-14-4-2-12-37(39)38-13-3-5-15-40(38)44(43)32-50(45)54/h1-32H. The lowest BCUT2D eigenvalue weighted by molar-refractivity contribution is 0.768. The van der Waals surface area contributed by atoms with Crippen LogP contribution in [0.15, 0.2) is 182 Å². The van der Waals surface area contributed by atoms with E-state index in [1.54, 1.807) is 12.4 Å². The third-order valence-electron chi connectivity index (χ3n) is 12.8. The molecular weight excluding hydrogens is 705 g/mol. The lowest BCUT2D eigenvalue weighted by atomic mass is 9.65. The molecule has 0 amide bonds. The van der Waals surface area contributed by atoms with E-state index in [-0.39, 0.29) is 0 Å². The van der Waals surface area contributed by atoms with E-state index in [1.165, 1.54) is 76.8 Å². The van der Waals surface area contributed by atoms with Gasteiger partial charge in [-0.05, 0) is 136 Å². The Bertz CT molecular complexity index is 3580. The number of hydrogen-bond donors (Lipinski definition) is 0. The fraction of sp³-hybridized carbons (Fsp3) is 0.0185. The quantitative estimate of drug-likeness (QED) is 0.166. The number of nitrogens with zero attached hydrogens (tertiary/aromatic N) is 4. The third kappa shape index (κ3) is 4.10. The van der Waals surface area contributed by atoms with Crippen LogP contribution in [0.3, 0.4) is 0 Å². The molecule has 0 saturated heterocycles. The summed E-state index contributed by atoms with van der Waals surface area (Å²) in [5.41, 5.74) is 13.8. The maximum atomic E-state index is 4.81. The van der Waals surface area contributed by atoms with Gasteiger partial charge >= 0.3 is 0 Å². The molecule has 13 rings (SSSR count). The molecule has 1 spiro atoms. The number of hydrogen-bond acceptors (Lipinski definition) is 3. The molecule has 1 unspecified atom stereocenters. The molecule has 11 aromatic rings. The molecule has 0 fully saturated rings. The maximum Gasteiger partial charge on any atom is 0.235 e. The number of fused-ring (bicyclic) bond motifs is 18. The highest BCUT2D eigenvalue weighted by Crippen LogP contribution is 2.60. The Morgan fingerprint density at radius 3 is 1.76 bits per heavy atom. The second-order valence-corrected chi connectivity index (χ2v) is 15.5. The first kappa shape index (κ1) is 31.5. The molecule has 0 radical (unpaired) electrons. The number of pyridine rings is 1. The van der Waals surface area contributed by atoms with Crippen molar-refractivity contribution in [3.05, 3.63) is 216 Å². The van der Waals surface area contributed by atoms with Gasteiger partial charge in [0.2, 0.25) is 5.95 Å². The third-order valence-corrected chi connectivity index (χ3v) is 12.8. The summed E-state index contributed by atoms with van der Waals surface area (Å²) >= 11 is 0. The van der Waals surface area contributed by atoms with Gasteiger partial charge < -0.3 is 0 Å². The van der Waals surface area contributed by atoms with Crippen molar-refractivity contribution in [1.82, 2.24) is 19.5 Å². The van der Waals surface area contributed by atoms with Crippen LogP contribution in [0.4, 0.5) is 0 Å². The molecule has 0 aliphatic heterocycles. The van der Waals surface area contributed by atoms with Crippen LogP contribution in [0.5, 0.6) is 0 Å². The van der Waals surface area contributed by atoms with Crippen LogP contribution in [0, 0.1) is 0 Å². The monoisotopic (exact) mass is 736 g/mol. The molecule has 268 valence electrons. The van der Waals surface area contributed by atoms with Gasteiger partial charge in [-0.25, -0.2) is 15.0 Å². The average Bonchev–Trinajstić information content (AvgIpc) is 3.72. The van der Waals surface area contributed by atoms with Crippen molar-refractivity contribution < 1.29 is 0 Å². The minimum atomic E-state index is -0.576. The van der Waals surface area contributed by atoms with Gasteiger partial charge in [-0.3, -0.25) is 4.57 Å². The van der Waals surface area contributed by atoms with E-state index in [2.05, 4.69) is 178 Å². The number of benzene rings is 8. The smallest absolute Gasteiger partial charge is 0.235 e. The van der Waals surface area contributed by atoms with E-state index >= 15 is 0 Å². The largest absolute Gasteiger partial charge is 0.262 e. The van der Waals surface area contributed by atoms with Crippen molar-refractivity contribution >= 4 is 66.4 Å². The summed E-state index contributed by atoms with van der Waals surface area (Å²) in [4.78, 5) is 14.0. The molecule has 58 heavy (non-hydrogen) atoms. The van der Waals surface area contributed by atoms with Crippen molar-refractivity contribution in [3.8, 4) is 28.2 Å². The minimum absolute atomic E-state index is 0.576. The van der Waals surface area contributed by atoms with Crippen LogP contribution in [0.25, 0.3) is 94.6 Å². The summed E-state index contributed by atoms with van der Waals surface area (Å²) in [6, 6.07) is 60.8. The zero-order chi connectivity index (χ0) is 38.0. The predicted molar refractivity (Wildman–Crippen MR) is 238 cm³/mol. The topological polar surface area (TPSA) is 43.6 Å². The molecule has 8 aromatic carbocycles. The zero-order valence-electron chi connectivity index (χ0n) is 31.3. The summed E-state index contributed by atoms with van der Waals surface area (Å²) in [5, 5.41) is 9.90. The Morgan fingerprint density at radius 1 is 0.362 bits per heavy atom. The van der Waals surface area contributed by atoms with Crippen LogP contribution in [0.2, 0.25) is 0 Å². The minimum Gasteiger partial charge on any atom is -0.262 e. The van der Waals surface area contributed by atoms with Gasteiger partial charge in [0.25, 0.3) is 0 Å². The van der Waals surface area contributed by atoms with Crippen molar-refractivity contribution in [3.63, 3.8) is 0 Å². The van der Waals surface area contributed by atoms with E-state index in [1.807, 2.05) is 18.3 Å². The summed E-state index contributed by atoms with van der Waals surface area (Å²) < 4.78 is 2.06. The molecule has 4 nitrogen and oxygen atoms in total. The maximum absolute atomic E-state index is 4.81. The lowest BCUT2D eigenvalue weighted by Crippen LogP contribution is -2.30. The Balaban J connectivity index is 1.12. The molecule has 3 heterocycles. The van der Waals surface area contributed by atoms with Crippen molar-refractivity contribution in [2.75, 3.05) is 0 Å². The fourth-order valence-electron chi connectivity index (χ4n) is 10.4. The highest BCUT2D eigenvalue weighted by Gasteiger charge is 2.48. The summed E-state index contributed by atoms with van der Waals surface area (Å²) in [6.07, 6.45) is 10.0. The number of aromatic nitrogens is 4. The van der Waals surface area contributed by atoms with E-state index in [4.69, 9.17) is 4.98 Å². The Morgan fingerprint density at radius 2 is 0.966 bits per heavy atom. The van der Waals surface area contributed by atoms with Crippen LogP contribution >= 0.6 is 0 Å². The SMILES string of the molecule is C1=Cc2ccc(-c3ccc4c(c3)c3cccnc3n4-c3ncccn3)cc2C2(c3ccccc31)c1ccccc1-c1cc3c4ccccc4c4ccccc4c3cc12. The van der Waals surface area contributed by atoms with Crippen LogP contribution < -0.4 is 0 Å². The van der Waals surface area contributed by atoms with Gasteiger partial charge in [-0.2, -0.15) is 0 Å². The fourth-order valence-corrected chi connectivity index (χ4v) is 10.4. The first-order valence-corrected chi connectivity index (χ1v) is 19.8. The van der Waals surface area contributed by atoms with Gasteiger partial charge in [-0.1, -0.05) is 127 Å². The van der Waals surface area contributed by atoms with Gasteiger partial charge in [-0.15, -0.1) is 0 Å². The highest BCUT2D eigenvalue weighted by molar-refractivity contribution is 6.26. The zero-order valence-corrected chi connectivity index (χ0v) is 31.3. The molecule has 4 heteroatoms. The van der Waals surface area contributed by atoms with Crippen molar-refractivity contribution in [2.24, 2.45) is 0 Å². The normalized spacial score (nSPS) is 15.2. The van der Waals surface area contributed by atoms with Gasteiger partial charge in [0.15, 0.2) is 0 Å². The molecule has 0 N–H and O–H groups in total. The van der Waals surface area contributed by atoms with Crippen molar-refractivity contribution in [2.45, 2.75) is 5.41 Å². The van der Waals surface area contributed by atoms with Crippen LogP contribution in [-0.4, -0.2) is 19.5 Å². The molecule has 2 aliphatic carbocycles. The highest BCUT2D eigenvalue weighted by atomic mass is 15.2. The predicted octanol–water partition coefficient (Wildman–Crippen LogP) is 12.9. The van der Waals surface area contributed by atoms with Crippen molar-refractivity contribution in [1.29, 1.82) is 0 Å². The molecule has 2 aliphatic rings. The molecule has 3 aromatic heterocycles. The van der Waals surface area contributed by atoms with Gasteiger partial charge in [0.05, 0.1) is 10.9 Å². The van der Waals surface area contributed by atoms with E-state index in [0.29, 0.717) is 5.95 Å². The Labute approximate surface area is 334 Å². The lowest BCUT2D eigenvalue weighted by Gasteiger charge is -2.36. The Kier molecular flexibility index (Phi) is 6.34. The second-order valence-electron chi connectivity index (χ2n) is 15.5. The number of rotatable bonds is 2. The Hall–Kier alpha value is -7.69. The second kappa shape index (κ2) is 11.7. The summed E-state index contributed by atoms with van der Waals surface area (Å²) in [5.74, 6) is 0.609. The van der Waals surface area contributed by atoms with E-state index < -0.39 is 5.41 Å². The summed E-state index contributed by atoms with van der Waals surface area (Å²) in [7, 11) is 0. The molecule has 0 bridgehead atoms. The van der Waals surface area contributed by atoms with Crippen LogP contribution in [-0.2, 0) is 5.41 Å².